The number of rotatable bonds is 18. The molecule has 0 fully saturated rings. The molecule has 0 saturated carbocycles. The predicted octanol–water partition coefficient (Wildman–Crippen LogP) is 12.7. The van der Waals surface area contributed by atoms with Crippen LogP contribution < -0.4 is 9.47 Å². The molecule has 0 aliphatic rings. The van der Waals surface area contributed by atoms with E-state index in [0.29, 0.717) is 51.1 Å². The van der Waals surface area contributed by atoms with Gasteiger partial charge in [0.1, 0.15) is 36.2 Å². The summed E-state index contributed by atoms with van der Waals surface area (Å²) in [6, 6.07) is 25.4. The van der Waals surface area contributed by atoms with Crippen LogP contribution in [0.4, 0.5) is 0 Å². The Kier molecular flexibility index (Phi) is 15.8. The molecule has 4 aromatic rings. The maximum absolute atomic E-state index is 11.0. The minimum Gasteiger partial charge on any atom is -0.507 e. The van der Waals surface area contributed by atoms with Gasteiger partial charge in [0.25, 0.3) is 0 Å². The van der Waals surface area contributed by atoms with Crippen LogP contribution in [-0.4, -0.2) is 49.9 Å². The zero-order chi connectivity index (χ0) is 43.8. The van der Waals surface area contributed by atoms with Crippen molar-refractivity contribution in [1.82, 2.24) is 0 Å². The van der Waals surface area contributed by atoms with Crippen LogP contribution in [0.25, 0.3) is 0 Å². The molecule has 0 bridgehead atoms. The van der Waals surface area contributed by atoms with Gasteiger partial charge in [0, 0.05) is 18.6 Å². The molecule has 6 nitrogen and oxygen atoms in total. The lowest BCUT2D eigenvalue weighted by atomic mass is 9.78. The summed E-state index contributed by atoms with van der Waals surface area (Å²) in [5.41, 5.74) is 8.20. The van der Waals surface area contributed by atoms with Crippen LogP contribution in [0.2, 0.25) is 0 Å². The molecule has 0 saturated heterocycles. The summed E-state index contributed by atoms with van der Waals surface area (Å²) < 4.78 is 23.9. The molecule has 6 heteroatoms. The number of phenols is 2. The number of benzene rings is 4. The van der Waals surface area contributed by atoms with Crippen LogP contribution in [0.5, 0.6) is 23.0 Å². The van der Waals surface area contributed by atoms with E-state index in [1.165, 1.54) is 22.3 Å². The van der Waals surface area contributed by atoms with Crippen molar-refractivity contribution >= 4 is 0 Å². The standard InChI is InChI=1S/C53H76O6/c1-49(2,3)43-33-37(34-44(47(43)54)50(4,5)6)17-15-27-56-29-31-58-41-23-19-39(20-24-41)53(13,14)40-21-25-42(26-22-40)59-32-30-57-28-16-18-38-35-45(51(7,8)9)48(55)46(36-38)52(10,11)12/h19-26,33-36,54-55H,15-18,27-32H2,1-14H3. The van der Waals surface area contributed by atoms with Crippen LogP contribution in [0.1, 0.15) is 154 Å². The van der Waals surface area contributed by atoms with Gasteiger partial charge < -0.3 is 29.2 Å². The van der Waals surface area contributed by atoms with Crippen LogP contribution >= 0.6 is 0 Å². The minimum atomic E-state index is -0.194. The first-order valence-corrected chi connectivity index (χ1v) is 21.7. The smallest absolute Gasteiger partial charge is 0.123 e. The quantitative estimate of drug-likeness (QED) is 0.0975. The van der Waals surface area contributed by atoms with Crippen molar-refractivity contribution in [3.8, 4) is 23.0 Å². The van der Waals surface area contributed by atoms with E-state index in [2.05, 4.69) is 145 Å². The average Bonchev–Trinajstić information content (AvgIpc) is 3.13. The Balaban J connectivity index is 1.16. The monoisotopic (exact) mass is 809 g/mol. The largest absolute Gasteiger partial charge is 0.507 e. The lowest BCUT2D eigenvalue weighted by Crippen LogP contribution is -2.19. The summed E-state index contributed by atoms with van der Waals surface area (Å²) in [6.07, 6.45) is 3.62. The van der Waals surface area contributed by atoms with E-state index < -0.39 is 0 Å². The third kappa shape index (κ3) is 13.5. The first-order valence-electron chi connectivity index (χ1n) is 21.7. The molecule has 0 amide bonds. The SMILES string of the molecule is CC(C)(C)c1cc(CCCOCCOc2ccc(C(C)(C)c3ccc(OCCOCCCc4cc(C(C)(C)C)c(O)c(C(C)(C)C)c4)cc3)cc2)cc(C(C)(C)C)c1O. The Morgan fingerprint density at radius 1 is 0.390 bits per heavy atom. The molecule has 0 radical (unpaired) electrons. The van der Waals surface area contributed by atoms with Crippen LogP contribution in [0.3, 0.4) is 0 Å². The Hall–Kier alpha value is -4.00. The normalized spacial score (nSPS) is 12.8. The fraction of sp³-hybridized carbons (Fsp3) is 0.547. The topological polar surface area (TPSA) is 77.4 Å². The van der Waals surface area contributed by atoms with Crippen LogP contribution in [0, 0.1) is 0 Å². The Bertz CT molecular complexity index is 1720. The number of hydrogen-bond donors (Lipinski definition) is 2. The fourth-order valence-corrected chi connectivity index (χ4v) is 7.46. The van der Waals surface area contributed by atoms with E-state index in [4.69, 9.17) is 18.9 Å². The molecular formula is C53H76O6. The lowest BCUT2D eigenvalue weighted by Gasteiger charge is -2.28. The third-order valence-electron chi connectivity index (χ3n) is 11.2. The first-order chi connectivity index (χ1) is 27.4. The number of hydrogen-bond acceptors (Lipinski definition) is 6. The Morgan fingerprint density at radius 3 is 0.949 bits per heavy atom. The summed E-state index contributed by atoms with van der Waals surface area (Å²) in [5.74, 6) is 2.52. The van der Waals surface area contributed by atoms with Crippen molar-refractivity contribution in [3.63, 3.8) is 0 Å². The van der Waals surface area contributed by atoms with Crippen molar-refractivity contribution in [2.45, 2.75) is 150 Å². The number of phenolic OH excluding ortho intramolecular Hbond substituents is 2. The second-order valence-electron chi connectivity index (χ2n) is 20.9. The van der Waals surface area contributed by atoms with E-state index in [9.17, 15) is 10.2 Å². The molecule has 4 rings (SSSR count). The van der Waals surface area contributed by atoms with Gasteiger partial charge in [-0.3, -0.25) is 0 Å². The van der Waals surface area contributed by atoms with Crippen LogP contribution in [-0.2, 0) is 49.4 Å². The van der Waals surface area contributed by atoms with Gasteiger partial charge in [-0.2, -0.15) is 0 Å². The van der Waals surface area contributed by atoms with Gasteiger partial charge in [-0.05, 0) is 116 Å². The minimum absolute atomic E-state index is 0.131. The molecular weight excluding hydrogens is 733 g/mol. The van der Waals surface area contributed by atoms with E-state index in [-0.39, 0.29) is 27.1 Å². The summed E-state index contributed by atoms with van der Waals surface area (Å²) in [7, 11) is 0. The highest BCUT2D eigenvalue weighted by Crippen LogP contribution is 2.41. The second kappa shape index (κ2) is 19.6. The first kappa shape index (κ1) is 47.7. The van der Waals surface area contributed by atoms with Gasteiger partial charge in [-0.15, -0.1) is 0 Å². The van der Waals surface area contributed by atoms with Crippen molar-refractivity contribution in [1.29, 1.82) is 0 Å². The number of aryl methyl sites for hydroxylation is 2. The van der Waals surface area contributed by atoms with Crippen molar-refractivity contribution in [2.75, 3.05) is 39.6 Å². The molecule has 0 aromatic heterocycles. The number of aromatic hydroxyl groups is 2. The highest BCUT2D eigenvalue weighted by molar-refractivity contribution is 5.51. The highest BCUT2D eigenvalue weighted by atomic mass is 16.5. The number of ether oxygens (including phenoxy) is 4. The predicted molar refractivity (Wildman–Crippen MR) is 245 cm³/mol. The third-order valence-corrected chi connectivity index (χ3v) is 11.2. The van der Waals surface area contributed by atoms with Gasteiger partial charge in [0.2, 0.25) is 0 Å². The molecule has 0 heterocycles. The van der Waals surface area contributed by atoms with Gasteiger partial charge >= 0.3 is 0 Å². The Labute approximate surface area is 357 Å². The Morgan fingerprint density at radius 2 is 0.678 bits per heavy atom. The lowest BCUT2D eigenvalue weighted by molar-refractivity contribution is 0.0985. The van der Waals surface area contributed by atoms with E-state index >= 15 is 0 Å². The molecule has 0 aliphatic carbocycles. The second-order valence-corrected chi connectivity index (χ2v) is 20.9. The molecule has 2 N–H and O–H groups in total. The average molecular weight is 809 g/mol. The van der Waals surface area contributed by atoms with Gasteiger partial charge in [-0.1, -0.05) is 145 Å². The van der Waals surface area contributed by atoms with E-state index in [1.807, 2.05) is 24.3 Å². The van der Waals surface area contributed by atoms with E-state index in [1.54, 1.807) is 0 Å². The van der Waals surface area contributed by atoms with E-state index in [0.717, 1.165) is 59.4 Å². The zero-order valence-corrected chi connectivity index (χ0v) is 39.0. The summed E-state index contributed by atoms with van der Waals surface area (Å²) in [5, 5.41) is 22.0. The van der Waals surface area contributed by atoms with Crippen molar-refractivity contribution in [3.05, 3.63) is 117 Å². The summed E-state index contributed by atoms with van der Waals surface area (Å²) in [4.78, 5) is 0. The maximum atomic E-state index is 11.0. The summed E-state index contributed by atoms with van der Waals surface area (Å²) >= 11 is 0. The van der Waals surface area contributed by atoms with Crippen molar-refractivity contribution in [2.24, 2.45) is 0 Å². The molecule has 0 atom stereocenters. The molecule has 4 aromatic carbocycles. The highest BCUT2D eigenvalue weighted by Gasteiger charge is 2.28. The molecule has 0 aliphatic heterocycles. The molecule has 0 unspecified atom stereocenters. The fourth-order valence-electron chi connectivity index (χ4n) is 7.46. The van der Waals surface area contributed by atoms with Gasteiger partial charge in [-0.25, -0.2) is 0 Å². The summed E-state index contributed by atoms with van der Waals surface area (Å²) in [6.45, 7) is 33.6. The van der Waals surface area contributed by atoms with Gasteiger partial charge in [0.15, 0.2) is 0 Å². The molecule has 59 heavy (non-hydrogen) atoms. The van der Waals surface area contributed by atoms with Crippen molar-refractivity contribution < 1.29 is 29.2 Å². The van der Waals surface area contributed by atoms with Gasteiger partial charge in [0.05, 0.1) is 13.2 Å². The van der Waals surface area contributed by atoms with Crippen LogP contribution in [0.15, 0.2) is 72.8 Å². The molecule has 0 spiro atoms. The molecule has 324 valence electrons. The zero-order valence-electron chi connectivity index (χ0n) is 39.0. The maximum Gasteiger partial charge on any atom is 0.123 e.